The van der Waals surface area contributed by atoms with Gasteiger partial charge in [0.25, 0.3) is 0 Å². The summed E-state index contributed by atoms with van der Waals surface area (Å²) in [6, 6.07) is 4.11. The van der Waals surface area contributed by atoms with E-state index in [1.807, 2.05) is 11.8 Å². The molecule has 0 aromatic heterocycles. The minimum atomic E-state index is -4.28. The van der Waals surface area contributed by atoms with Gasteiger partial charge in [-0.15, -0.1) is 0 Å². The number of hydrogen-bond acceptors (Lipinski definition) is 1. The van der Waals surface area contributed by atoms with Gasteiger partial charge in [0.15, 0.2) is 0 Å². The first kappa shape index (κ1) is 12.7. The van der Waals surface area contributed by atoms with Crippen LogP contribution in [0.4, 0.5) is 18.9 Å². The number of anilines is 1. The number of halogens is 4. The molecule has 0 bridgehead atoms. The van der Waals surface area contributed by atoms with Gasteiger partial charge in [-0.25, -0.2) is 0 Å². The maximum absolute atomic E-state index is 12.6. The topological polar surface area (TPSA) is 3.24 Å². The molecule has 1 aliphatic rings. The minimum absolute atomic E-state index is 0.301. The molecule has 2 rings (SSSR count). The molecular weight excluding hydrogens is 295 g/mol. The van der Waals surface area contributed by atoms with Crippen molar-refractivity contribution in [3.05, 3.63) is 28.2 Å². The number of alkyl halides is 3. The molecule has 0 saturated carbocycles. The zero-order chi connectivity index (χ0) is 12.6. The van der Waals surface area contributed by atoms with Crippen molar-refractivity contribution in [3.63, 3.8) is 0 Å². The highest BCUT2D eigenvalue weighted by atomic mass is 79.9. The van der Waals surface area contributed by atoms with Crippen LogP contribution < -0.4 is 4.90 Å². The van der Waals surface area contributed by atoms with Gasteiger partial charge in [0.05, 0.1) is 11.3 Å². The van der Waals surface area contributed by atoms with Gasteiger partial charge in [-0.3, -0.25) is 0 Å². The van der Waals surface area contributed by atoms with E-state index in [-0.39, 0.29) is 0 Å². The Morgan fingerprint density at radius 1 is 1.35 bits per heavy atom. The molecule has 94 valence electrons. The molecule has 0 spiro atoms. The van der Waals surface area contributed by atoms with Crippen molar-refractivity contribution in [2.45, 2.75) is 32.0 Å². The van der Waals surface area contributed by atoms with Crippen molar-refractivity contribution in [1.82, 2.24) is 0 Å². The standard InChI is InChI=1S/C12H13BrF3N/c1-8-3-2-6-17(8)11-7-9(12(14,15)16)4-5-10(11)13/h4-5,7-8H,2-3,6H2,1H3. The van der Waals surface area contributed by atoms with Crippen LogP contribution in [0.2, 0.25) is 0 Å². The first-order valence-electron chi connectivity index (χ1n) is 5.53. The predicted molar refractivity (Wildman–Crippen MR) is 65.2 cm³/mol. The van der Waals surface area contributed by atoms with Crippen molar-refractivity contribution >= 4 is 21.6 Å². The van der Waals surface area contributed by atoms with Crippen LogP contribution in [-0.2, 0) is 6.18 Å². The van der Waals surface area contributed by atoms with E-state index < -0.39 is 11.7 Å². The highest BCUT2D eigenvalue weighted by molar-refractivity contribution is 9.10. The lowest BCUT2D eigenvalue weighted by Crippen LogP contribution is -2.27. The van der Waals surface area contributed by atoms with E-state index in [4.69, 9.17) is 0 Å². The van der Waals surface area contributed by atoms with Crippen LogP contribution in [-0.4, -0.2) is 12.6 Å². The maximum Gasteiger partial charge on any atom is 0.416 e. The van der Waals surface area contributed by atoms with E-state index in [9.17, 15) is 13.2 Å². The van der Waals surface area contributed by atoms with Gasteiger partial charge in [-0.05, 0) is 53.9 Å². The molecule has 0 radical (unpaired) electrons. The number of nitrogens with zero attached hydrogens (tertiary/aromatic N) is 1. The monoisotopic (exact) mass is 307 g/mol. The smallest absolute Gasteiger partial charge is 0.368 e. The second-order valence-electron chi connectivity index (χ2n) is 4.35. The Morgan fingerprint density at radius 3 is 2.59 bits per heavy atom. The van der Waals surface area contributed by atoms with Crippen molar-refractivity contribution < 1.29 is 13.2 Å². The zero-order valence-electron chi connectivity index (χ0n) is 9.39. The SMILES string of the molecule is CC1CCCN1c1cc(C(F)(F)F)ccc1Br. The lowest BCUT2D eigenvalue weighted by molar-refractivity contribution is -0.137. The lowest BCUT2D eigenvalue weighted by Gasteiger charge is -2.25. The Bertz CT molecular complexity index is 417. The molecule has 1 saturated heterocycles. The number of rotatable bonds is 1. The molecular formula is C12H13BrF3N. The molecule has 1 aromatic rings. The van der Waals surface area contributed by atoms with E-state index in [1.54, 1.807) is 0 Å². The predicted octanol–water partition coefficient (Wildman–Crippen LogP) is 4.46. The highest BCUT2D eigenvalue weighted by Gasteiger charge is 2.32. The van der Waals surface area contributed by atoms with Gasteiger partial charge >= 0.3 is 6.18 Å². The Balaban J connectivity index is 2.39. The van der Waals surface area contributed by atoms with Crippen LogP contribution in [0.25, 0.3) is 0 Å². The molecule has 1 aliphatic heterocycles. The van der Waals surface area contributed by atoms with E-state index in [0.29, 0.717) is 11.7 Å². The Morgan fingerprint density at radius 2 is 2.06 bits per heavy atom. The molecule has 1 nitrogen and oxygen atoms in total. The van der Waals surface area contributed by atoms with Crippen LogP contribution >= 0.6 is 15.9 Å². The van der Waals surface area contributed by atoms with Crippen LogP contribution in [0.5, 0.6) is 0 Å². The normalized spacial score (nSPS) is 21.0. The minimum Gasteiger partial charge on any atom is -0.368 e. The molecule has 1 unspecified atom stereocenters. The number of hydrogen-bond donors (Lipinski definition) is 0. The van der Waals surface area contributed by atoms with E-state index in [1.165, 1.54) is 12.1 Å². The Kier molecular flexibility index (Phi) is 3.39. The van der Waals surface area contributed by atoms with Gasteiger partial charge in [0.2, 0.25) is 0 Å². The molecule has 17 heavy (non-hydrogen) atoms. The summed E-state index contributed by atoms with van der Waals surface area (Å²) in [5, 5.41) is 0. The van der Waals surface area contributed by atoms with Gasteiger partial charge in [-0.2, -0.15) is 13.2 Å². The summed E-state index contributed by atoms with van der Waals surface area (Å²) in [7, 11) is 0. The molecule has 1 heterocycles. The first-order valence-corrected chi connectivity index (χ1v) is 6.32. The second kappa shape index (κ2) is 4.52. The van der Waals surface area contributed by atoms with Gasteiger partial charge in [0, 0.05) is 17.1 Å². The summed E-state index contributed by atoms with van der Waals surface area (Å²) in [5.41, 5.74) is 0.0552. The third-order valence-electron chi connectivity index (χ3n) is 3.14. The van der Waals surface area contributed by atoms with Crippen LogP contribution in [0.3, 0.4) is 0 Å². The third-order valence-corrected chi connectivity index (χ3v) is 3.81. The van der Waals surface area contributed by atoms with E-state index >= 15 is 0 Å². The van der Waals surface area contributed by atoms with Gasteiger partial charge in [-0.1, -0.05) is 0 Å². The molecule has 1 fully saturated rings. The van der Waals surface area contributed by atoms with Crippen LogP contribution in [0.1, 0.15) is 25.3 Å². The fraction of sp³-hybridized carbons (Fsp3) is 0.500. The number of benzene rings is 1. The summed E-state index contributed by atoms with van der Waals surface area (Å²) in [6.07, 6.45) is -2.22. The molecule has 0 aliphatic carbocycles. The van der Waals surface area contributed by atoms with Crippen LogP contribution in [0.15, 0.2) is 22.7 Å². The van der Waals surface area contributed by atoms with Crippen molar-refractivity contribution in [3.8, 4) is 0 Å². The maximum atomic E-state index is 12.6. The molecule has 1 aromatic carbocycles. The lowest BCUT2D eigenvalue weighted by atomic mass is 10.1. The molecule has 0 amide bonds. The fourth-order valence-electron chi connectivity index (χ4n) is 2.20. The fourth-order valence-corrected chi connectivity index (χ4v) is 2.67. The third kappa shape index (κ3) is 2.59. The van der Waals surface area contributed by atoms with Crippen LogP contribution in [0, 0.1) is 0 Å². The Hall–Kier alpha value is -0.710. The second-order valence-corrected chi connectivity index (χ2v) is 5.20. The van der Waals surface area contributed by atoms with Crippen molar-refractivity contribution in [1.29, 1.82) is 0 Å². The van der Waals surface area contributed by atoms with Gasteiger partial charge in [0.1, 0.15) is 0 Å². The van der Waals surface area contributed by atoms with Gasteiger partial charge < -0.3 is 4.90 Å². The first-order chi connectivity index (χ1) is 7.89. The highest BCUT2D eigenvalue weighted by Crippen LogP contribution is 2.37. The summed E-state index contributed by atoms with van der Waals surface area (Å²) in [4.78, 5) is 2.03. The summed E-state index contributed by atoms with van der Waals surface area (Å²) >= 11 is 3.33. The summed E-state index contributed by atoms with van der Waals surface area (Å²) < 4.78 is 38.7. The van der Waals surface area contributed by atoms with Crippen molar-refractivity contribution in [2.24, 2.45) is 0 Å². The van der Waals surface area contributed by atoms with E-state index in [2.05, 4.69) is 15.9 Å². The summed E-state index contributed by atoms with van der Waals surface area (Å²) in [5.74, 6) is 0. The molecule has 5 heteroatoms. The molecule has 1 atom stereocenters. The average Bonchev–Trinajstić information content (AvgIpc) is 2.63. The molecule has 0 N–H and O–H groups in total. The Labute approximate surface area is 107 Å². The largest absolute Gasteiger partial charge is 0.416 e. The quantitative estimate of drug-likeness (QED) is 0.740. The zero-order valence-corrected chi connectivity index (χ0v) is 11.0. The summed E-state index contributed by atoms with van der Waals surface area (Å²) in [6.45, 7) is 2.86. The van der Waals surface area contributed by atoms with Crippen molar-refractivity contribution in [2.75, 3.05) is 11.4 Å². The van der Waals surface area contributed by atoms with E-state index in [0.717, 1.165) is 29.9 Å². The average molecular weight is 308 g/mol.